The van der Waals surface area contributed by atoms with Crippen molar-refractivity contribution >= 4 is 11.3 Å². The van der Waals surface area contributed by atoms with Crippen molar-refractivity contribution in [2.24, 2.45) is 5.41 Å². The number of hydrogen-bond acceptors (Lipinski definition) is 3. The highest BCUT2D eigenvalue weighted by Crippen LogP contribution is 2.19. The number of aliphatic hydroxyl groups excluding tert-OH is 1. The summed E-state index contributed by atoms with van der Waals surface area (Å²) in [6, 6.07) is 4.33. The minimum Gasteiger partial charge on any atom is -0.396 e. The van der Waals surface area contributed by atoms with Gasteiger partial charge in [-0.2, -0.15) is 0 Å². The summed E-state index contributed by atoms with van der Waals surface area (Å²) in [7, 11) is 0. The summed E-state index contributed by atoms with van der Waals surface area (Å²) >= 11 is 1.84. The van der Waals surface area contributed by atoms with Crippen LogP contribution >= 0.6 is 11.3 Å². The smallest absolute Gasteiger partial charge is 0.0436 e. The molecule has 0 saturated heterocycles. The van der Waals surface area contributed by atoms with Crippen LogP contribution in [0, 0.1) is 12.3 Å². The molecule has 0 aliphatic carbocycles. The predicted molar refractivity (Wildman–Crippen MR) is 66.2 cm³/mol. The summed E-state index contributed by atoms with van der Waals surface area (Å²) in [6.07, 6.45) is 0.851. The lowest BCUT2D eigenvalue weighted by atomic mass is 9.90. The van der Waals surface area contributed by atoms with E-state index in [0.29, 0.717) is 0 Å². The molecule has 1 heterocycles. The Hall–Kier alpha value is -0.380. The molecule has 0 spiro atoms. The Bertz CT molecular complexity index is 294. The third-order valence-corrected chi connectivity index (χ3v) is 3.49. The van der Waals surface area contributed by atoms with E-state index in [0.717, 1.165) is 19.5 Å². The third-order valence-electron chi connectivity index (χ3n) is 2.49. The van der Waals surface area contributed by atoms with Crippen LogP contribution in [0.25, 0.3) is 0 Å². The molecule has 3 heteroatoms. The maximum absolute atomic E-state index is 8.90. The van der Waals surface area contributed by atoms with Gasteiger partial charge in [0.1, 0.15) is 0 Å². The minimum atomic E-state index is 0.182. The average molecular weight is 227 g/mol. The molecule has 0 radical (unpaired) electrons. The van der Waals surface area contributed by atoms with Crippen LogP contribution in [0.2, 0.25) is 0 Å². The first-order valence-corrected chi connectivity index (χ1v) is 6.22. The predicted octanol–water partition coefficient (Wildman–Crippen LogP) is 2.55. The summed E-state index contributed by atoms with van der Waals surface area (Å²) in [5, 5.41) is 12.3. The van der Waals surface area contributed by atoms with Gasteiger partial charge in [0.2, 0.25) is 0 Å². The van der Waals surface area contributed by atoms with E-state index < -0.39 is 0 Å². The zero-order valence-corrected chi connectivity index (χ0v) is 10.7. The molecule has 86 valence electrons. The minimum absolute atomic E-state index is 0.182. The first-order chi connectivity index (χ1) is 7.03. The summed E-state index contributed by atoms with van der Waals surface area (Å²) < 4.78 is 0. The molecule has 2 N–H and O–H groups in total. The van der Waals surface area contributed by atoms with Gasteiger partial charge in [0.25, 0.3) is 0 Å². The number of hydrogen-bond donors (Lipinski definition) is 2. The van der Waals surface area contributed by atoms with Gasteiger partial charge in [0.05, 0.1) is 0 Å². The topological polar surface area (TPSA) is 32.3 Å². The maximum Gasteiger partial charge on any atom is 0.0436 e. The second-order valence-electron chi connectivity index (χ2n) is 4.75. The van der Waals surface area contributed by atoms with Gasteiger partial charge in [0.15, 0.2) is 0 Å². The van der Waals surface area contributed by atoms with Crippen molar-refractivity contribution in [3.63, 3.8) is 0 Å². The number of aryl methyl sites for hydroxylation is 1. The third kappa shape index (κ3) is 4.78. The monoisotopic (exact) mass is 227 g/mol. The van der Waals surface area contributed by atoms with E-state index in [9.17, 15) is 0 Å². The molecule has 2 nitrogen and oxygen atoms in total. The second-order valence-corrected chi connectivity index (χ2v) is 6.13. The fraction of sp³-hybridized carbons (Fsp3) is 0.667. The molecule has 1 aromatic rings. The molecule has 15 heavy (non-hydrogen) atoms. The van der Waals surface area contributed by atoms with E-state index in [1.54, 1.807) is 0 Å². The summed E-state index contributed by atoms with van der Waals surface area (Å²) in [5.41, 5.74) is 0.182. The lowest BCUT2D eigenvalue weighted by Crippen LogP contribution is -2.29. The van der Waals surface area contributed by atoms with Gasteiger partial charge >= 0.3 is 0 Å². The molecule has 0 saturated carbocycles. The van der Waals surface area contributed by atoms with Crippen LogP contribution in [0.3, 0.4) is 0 Å². The van der Waals surface area contributed by atoms with Crippen LogP contribution in [0.4, 0.5) is 0 Å². The number of thiophene rings is 1. The molecule has 0 bridgehead atoms. The molecule has 0 aromatic carbocycles. The number of rotatable bonds is 6. The fourth-order valence-electron chi connectivity index (χ4n) is 1.50. The molecule has 0 atom stereocenters. The molecule has 1 aromatic heterocycles. The zero-order valence-electron chi connectivity index (χ0n) is 9.84. The Balaban J connectivity index is 2.27. The first kappa shape index (κ1) is 12.7. The van der Waals surface area contributed by atoms with Crippen LogP contribution in [-0.4, -0.2) is 18.3 Å². The molecule has 0 aliphatic heterocycles. The highest BCUT2D eigenvalue weighted by atomic mass is 32.1. The molecule has 0 amide bonds. The molecule has 1 rings (SSSR count). The first-order valence-electron chi connectivity index (χ1n) is 5.40. The SMILES string of the molecule is Cc1ccc(CNCC(C)(C)CCO)s1. The summed E-state index contributed by atoms with van der Waals surface area (Å²) in [4.78, 5) is 2.74. The molecule has 0 aliphatic rings. The van der Waals surface area contributed by atoms with Crippen LogP contribution in [-0.2, 0) is 6.54 Å². The Morgan fingerprint density at radius 3 is 2.67 bits per heavy atom. The van der Waals surface area contributed by atoms with Crippen LogP contribution < -0.4 is 5.32 Å². The van der Waals surface area contributed by atoms with E-state index in [-0.39, 0.29) is 12.0 Å². The van der Waals surface area contributed by atoms with Crippen LogP contribution in [0.15, 0.2) is 12.1 Å². The summed E-state index contributed by atoms with van der Waals surface area (Å²) in [5.74, 6) is 0. The summed E-state index contributed by atoms with van der Waals surface area (Å²) in [6.45, 7) is 8.64. The van der Waals surface area contributed by atoms with E-state index in [2.05, 4.69) is 38.2 Å². The van der Waals surface area contributed by atoms with Crippen molar-refractivity contribution < 1.29 is 5.11 Å². The van der Waals surface area contributed by atoms with Crippen molar-refractivity contribution in [1.29, 1.82) is 0 Å². The van der Waals surface area contributed by atoms with E-state index >= 15 is 0 Å². The highest BCUT2D eigenvalue weighted by molar-refractivity contribution is 7.11. The second kappa shape index (κ2) is 5.64. The van der Waals surface area contributed by atoms with Gasteiger partial charge in [0, 0.05) is 29.5 Å². The highest BCUT2D eigenvalue weighted by Gasteiger charge is 2.16. The lowest BCUT2D eigenvalue weighted by molar-refractivity contribution is 0.207. The molecular formula is C12H21NOS. The normalized spacial score (nSPS) is 12.0. The standard InChI is InChI=1S/C12H21NOS/c1-10-4-5-11(15-10)8-13-9-12(2,3)6-7-14/h4-5,13-14H,6-9H2,1-3H3. The van der Waals surface area contributed by atoms with E-state index in [1.807, 2.05) is 11.3 Å². The lowest BCUT2D eigenvalue weighted by Gasteiger charge is -2.23. The van der Waals surface area contributed by atoms with Crippen molar-refractivity contribution in [3.8, 4) is 0 Å². The van der Waals surface area contributed by atoms with Crippen LogP contribution in [0.1, 0.15) is 30.0 Å². The van der Waals surface area contributed by atoms with Gasteiger partial charge in [-0.15, -0.1) is 11.3 Å². The average Bonchev–Trinajstić information content (AvgIpc) is 2.51. The van der Waals surface area contributed by atoms with Crippen molar-refractivity contribution in [1.82, 2.24) is 5.32 Å². The Morgan fingerprint density at radius 1 is 1.40 bits per heavy atom. The van der Waals surface area contributed by atoms with Crippen molar-refractivity contribution in [3.05, 3.63) is 21.9 Å². The van der Waals surface area contributed by atoms with Crippen molar-refractivity contribution in [2.75, 3.05) is 13.2 Å². The van der Waals surface area contributed by atoms with Gasteiger partial charge in [-0.05, 0) is 30.9 Å². The van der Waals surface area contributed by atoms with Gasteiger partial charge in [-0.25, -0.2) is 0 Å². The fourth-order valence-corrected chi connectivity index (χ4v) is 2.36. The van der Waals surface area contributed by atoms with E-state index in [1.165, 1.54) is 9.75 Å². The number of nitrogens with one attached hydrogen (secondary N) is 1. The zero-order chi connectivity index (χ0) is 11.3. The maximum atomic E-state index is 8.90. The van der Waals surface area contributed by atoms with Gasteiger partial charge in [-0.1, -0.05) is 13.8 Å². The largest absolute Gasteiger partial charge is 0.396 e. The Kier molecular flexibility index (Phi) is 4.77. The van der Waals surface area contributed by atoms with E-state index in [4.69, 9.17) is 5.11 Å². The molecular weight excluding hydrogens is 206 g/mol. The molecule has 0 unspecified atom stereocenters. The van der Waals surface area contributed by atoms with Gasteiger partial charge in [-0.3, -0.25) is 0 Å². The Labute approximate surface area is 96.3 Å². The van der Waals surface area contributed by atoms with Crippen molar-refractivity contribution in [2.45, 2.75) is 33.7 Å². The van der Waals surface area contributed by atoms with Crippen LogP contribution in [0.5, 0.6) is 0 Å². The Morgan fingerprint density at radius 2 is 2.13 bits per heavy atom. The van der Waals surface area contributed by atoms with Gasteiger partial charge < -0.3 is 10.4 Å². The number of aliphatic hydroxyl groups is 1. The molecule has 0 fully saturated rings. The quantitative estimate of drug-likeness (QED) is 0.783.